The number of aromatic nitrogens is 5. The van der Waals surface area contributed by atoms with Crippen molar-refractivity contribution in [1.29, 1.82) is 0 Å². The molecule has 0 amide bonds. The highest BCUT2D eigenvalue weighted by molar-refractivity contribution is 9.10. The molecule has 0 saturated carbocycles. The lowest BCUT2D eigenvalue weighted by molar-refractivity contribution is 0.303. The van der Waals surface area contributed by atoms with Gasteiger partial charge in [-0.3, -0.25) is 15.3 Å². The number of anilines is 2. The van der Waals surface area contributed by atoms with E-state index in [4.69, 9.17) is 4.74 Å². The molecule has 0 atom stereocenters. The van der Waals surface area contributed by atoms with E-state index in [1.165, 1.54) is 29.8 Å². The highest BCUT2D eigenvalue weighted by Gasteiger charge is 2.13. The number of nitrogens with one attached hydrogen (secondary N) is 2. The Morgan fingerprint density at radius 1 is 0.978 bits per heavy atom. The van der Waals surface area contributed by atoms with E-state index in [1.807, 2.05) is 35.7 Å². The summed E-state index contributed by atoms with van der Waals surface area (Å²) in [4.78, 5) is 22.3. The summed E-state index contributed by atoms with van der Waals surface area (Å²) in [6.45, 7) is 0.466. The molecule has 6 aromatic rings. The lowest BCUT2D eigenvalue weighted by Crippen LogP contribution is -2.26. The van der Waals surface area contributed by atoms with Crippen LogP contribution in [0.5, 0.6) is 5.75 Å². The molecule has 0 spiro atoms. The van der Waals surface area contributed by atoms with Crippen LogP contribution in [0.3, 0.4) is 0 Å². The van der Waals surface area contributed by atoms with Crippen molar-refractivity contribution in [3.8, 4) is 17.1 Å². The Morgan fingerprint density at radius 2 is 1.89 bits per heavy atom. The van der Waals surface area contributed by atoms with Crippen molar-refractivity contribution in [3.63, 3.8) is 0 Å². The smallest absolute Gasteiger partial charge is 0.228 e. The van der Waals surface area contributed by atoms with E-state index >= 15 is 0 Å². The topological polar surface area (TPSA) is 132 Å². The Morgan fingerprint density at radius 3 is 2.69 bits per heavy atom. The highest BCUT2D eigenvalue weighted by atomic mass is 79.9. The van der Waals surface area contributed by atoms with Gasteiger partial charge in [0, 0.05) is 34.8 Å². The molecule has 14 heteroatoms. The standard InChI is InChI=1S/C31H23BrFN7O3S2/c32-24-11-22(7-8-28(24)43-16-19-4-3-5-20(33)10-19)39-31-23-13-25(35-14-26(23)37-18-38-31)27-17-44-29(40-27)15-36-30(45(41)42)12-21-6-1-2-9-34-21/h1-11,13-14,17-18,36H,12,15-16H2,(H,37,38,39). The van der Waals surface area contributed by atoms with Gasteiger partial charge in [0.1, 0.15) is 40.3 Å². The predicted octanol–water partition coefficient (Wildman–Crippen LogP) is 6.11. The van der Waals surface area contributed by atoms with E-state index in [9.17, 15) is 12.8 Å². The van der Waals surface area contributed by atoms with Gasteiger partial charge in [-0.2, -0.15) is 8.42 Å². The lowest BCUT2D eigenvalue weighted by atomic mass is 10.2. The second-order valence-corrected chi connectivity index (χ2v) is 12.4. The maximum absolute atomic E-state index is 13.5. The molecule has 0 saturated heterocycles. The van der Waals surface area contributed by atoms with Crippen LogP contribution in [0.2, 0.25) is 0 Å². The molecule has 4 aromatic heterocycles. The predicted molar refractivity (Wildman–Crippen MR) is 175 cm³/mol. The quantitative estimate of drug-likeness (QED) is 0.161. The second kappa shape index (κ2) is 14.0. The number of hydrogen-bond acceptors (Lipinski definition) is 10. The molecular formula is C31H23BrFN7O3S2. The van der Waals surface area contributed by atoms with Crippen molar-refractivity contribution in [3.05, 3.63) is 117 Å². The van der Waals surface area contributed by atoms with Crippen molar-refractivity contribution in [1.82, 2.24) is 30.2 Å². The molecule has 10 nitrogen and oxygen atoms in total. The van der Waals surface area contributed by atoms with Crippen molar-refractivity contribution in [2.24, 2.45) is 0 Å². The van der Waals surface area contributed by atoms with Gasteiger partial charge < -0.3 is 10.1 Å². The van der Waals surface area contributed by atoms with Gasteiger partial charge >= 0.3 is 0 Å². The number of thiazole rings is 1. The van der Waals surface area contributed by atoms with Crippen molar-refractivity contribution < 1.29 is 17.5 Å². The minimum absolute atomic E-state index is 0.139. The minimum atomic E-state index is -2.42. The maximum atomic E-state index is 13.5. The summed E-state index contributed by atoms with van der Waals surface area (Å²) in [6.07, 6.45) is 4.91. The van der Waals surface area contributed by atoms with E-state index in [0.717, 1.165) is 21.1 Å². The molecule has 0 radical (unpaired) electrons. The normalized spacial score (nSPS) is 11.0. The number of rotatable bonds is 10. The zero-order valence-electron chi connectivity index (χ0n) is 23.3. The maximum Gasteiger partial charge on any atom is 0.228 e. The summed E-state index contributed by atoms with van der Waals surface area (Å²) in [5.41, 5.74) is 4.05. The van der Waals surface area contributed by atoms with Crippen molar-refractivity contribution >= 4 is 65.0 Å². The summed E-state index contributed by atoms with van der Waals surface area (Å²) in [5.74, 6) is 0.880. The van der Waals surface area contributed by atoms with E-state index in [1.54, 1.807) is 36.7 Å². The fourth-order valence-corrected chi connectivity index (χ4v) is 6.03. The first-order chi connectivity index (χ1) is 21.9. The van der Waals surface area contributed by atoms with Crippen LogP contribution in [0.1, 0.15) is 16.3 Å². The van der Waals surface area contributed by atoms with Crippen LogP contribution < -0.4 is 15.4 Å². The summed E-state index contributed by atoms with van der Waals surface area (Å²) in [5, 5.41) is 9.62. The zero-order valence-corrected chi connectivity index (χ0v) is 26.5. The summed E-state index contributed by atoms with van der Waals surface area (Å²) in [7, 11) is -2.42. The monoisotopic (exact) mass is 703 g/mol. The van der Waals surface area contributed by atoms with Gasteiger partial charge in [-0.25, -0.2) is 19.3 Å². The number of halogens is 2. The van der Waals surface area contributed by atoms with Crippen LogP contribution in [0.15, 0.2) is 95.3 Å². The van der Waals surface area contributed by atoms with Crippen molar-refractivity contribution in [2.75, 3.05) is 5.32 Å². The number of ether oxygens (including phenoxy) is 1. The Hall–Kier alpha value is -4.63. The van der Waals surface area contributed by atoms with E-state index in [2.05, 4.69) is 51.5 Å². The van der Waals surface area contributed by atoms with Gasteiger partial charge in [-0.05, 0) is 70.0 Å². The molecular weight excluding hydrogens is 681 g/mol. The SMILES string of the molecule is O=S(=O)=C(Cc1ccccn1)NCc1nc(-c2cc3c(Nc4ccc(OCc5cccc(F)c5)c(Br)c4)ncnc3cn2)cs1. The van der Waals surface area contributed by atoms with Crippen LogP contribution in [0.25, 0.3) is 22.3 Å². The van der Waals surface area contributed by atoms with Gasteiger partial charge in [0.2, 0.25) is 10.3 Å². The fraction of sp³-hybridized carbons (Fsp3) is 0.0968. The van der Waals surface area contributed by atoms with E-state index in [-0.39, 0.29) is 30.4 Å². The first-order valence-corrected chi connectivity index (χ1v) is 16.2. The van der Waals surface area contributed by atoms with Crippen LogP contribution in [0, 0.1) is 5.82 Å². The van der Waals surface area contributed by atoms with Gasteiger partial charge in [0.05, 0.1) is 34.1 Å². The lowest BCUT2D eigenvalue weighted by Gasteiger charge is -2.12. The molecule has 2 N–H and O–H groups in total. The van der Waals surface area contributed by atoms with Gasteiger partial charge in [-0.15, -0.1) is 11.3 Å². The number of pyridine rings is 2. The summed E-state index contributed by atoms with van der Waals surface area (Å²) >= 11 is 4.95. The average Bonchev–Trinajstić information content (AvgIpc) is 3.52. The van der Waals surface area contributed by atoms with Gasteiger partial charge in [0.15, 0.2) is 0 Å². The first kappa shape index (κ1) is 30.4. The number of hydrogen-bond donors (Lipinski definition) is 2. The molecule has 0 unspecified atom stereocenters. The molecule has 4 heterocycles. The second-order valence-electron chi connectivity index (χ2n) is 9.63. The average molecular weight is 705 g/mol. The summed E-state index contributed by atoms with van der Waals surface area (Å²) in [6, 6.07) is 19.0. The largest absolute Gasteiger partial charge is 0.488 e. The van der Waals surface area contributed by atoms with E-state index in [0.29, 0.717) is 39.2 Å². The Balaban J connectivity index is 1.16. The third kappa shape index (κ3) is 7.72. The first-order valence-electron chi connectivity index (χ1n) is 13.5. The van der Waals surface area contributed by atoms with Gasteiger partial charge in [0.25, 0.3) is 0 Å². The molecule has 0 fully saturated rings. The molecule has 0 aliphatic heterocycles. The fourth-order valence-electron chi connectivity index (χ4n) is 4.35. The third-order valence-electron chi connectivity index (χ3n) is 6.52. The van der Waals surface area contributed by atoms with Crippen LogP contribution in [0.4, 0.5) is 15.9 Å². The van der Waals surface area contributed by atoms with E-state index < -0.39 is 10.3 Å². The number of fused-ring (bicyclic) bond motifs is 1. The zero-order chi connectivity index (χ0) is 31.2. The molecule has 2 aromatic carbocycles. The minimum Gasteiger partial charge on any atom is -0.488 e. The molecule has 6 rings (SSSR count). The molecule has 0 aliphatic rings. The molecule has 0 bridgehead atoms. The third-order valence-corrected chi connectivity index (χ3v) is 8.68. The molecule has 226 valence electrons. The molecule has 45 heavy (non-hydrogen) atoms. The Bertz CT molecular complexity index is 2120. The highest BCUT2D eigenvalue weighted by Crippen LogP contribution is 2.32. The number of benzene rings is 2. The summed E-state index contributed by atoms with van der Waals surface area (Å²) < 4.78 is 43.6. The van der Waals surface area contributed by atoms with Gasteiger partial charge in [-0.1, -0.05) is 18.2 Å². The van der Waals surface area contributed by atoms with Crippen LogP contribution >= 0.6 is 27.3 Å². The van der Waals surface area contributed by atoms with Crippen molar-refractivity contribution in [2.45, 2.75) is 19.6 Å². The Kier molecular flexibility index (Phi) is 9.45. The Labute approximate surface area is 271 Å². The number of nitrogens with zero attached hydrogens (tertiary/aromatic N) is 5. The molecule has 0 aliphatic carbocycles. The van der Waals surface area contributed by atoms with Crippen LogP contribution in [-0.2, 0) is 29.9 Å². The van der Waals surface area contributed by atoms with Crippen LogP contribution in [-0.4, -0.2) is 38.3 Å².